The third-order valence-corrected chi connectivity index (χ3v) is 4.13. The number of benzene rings is 4. The second-order valence-electron chi connectivity index (χ2n) is 5.26. The highest BCUT2D eigenvalue weighted by Crippen LogP contribution is 2.37. The van der Waals surface area contributed by atoms with Crippen molar-refractivity contribution in [2.45, 2.75) is 0 Å². The van der Waals surface area contributed by atoms with Crippen LogP contribution < -0.4 is 0 Å². The molecule has 0 aromatic heterocycles. The van der Waals surface area contributed by atoms with Crippen LogP contribution in [-0.2, 0) is 0 Å². The van der Waals surface area contributed by atoms with Crippen molar-refractivity contribution in [2.75, 3.05) is 0 Å². The number of hydrogen-bond donors (Lipinski definition) is 2. The Labute approximate surface area is 124 Å². The van der Waals surface area contributed by atoms with Gasteiger partial charge in [0.25, 0.3) is 0 Å². The average Bonchev–Trinajstić information content (AvgIpc) is 2.51. The normalized spacial score (nSPS) is 11.5. The lowest BCUT2D eigenvalue weighted by Crippen LogP contribution is -2.00. The highest BCUT2D eigenvalue weighted by atomic mass is 16.4. The summed E-state index contributed by atoms with van der Waals surface area (Å²) in [5.41, 5.74) is 0.449. The van der Waals surface area contributed by atoms with Crippen LogP contribution in [0.15, 0.2) is 48.5 Å². The first kappa shape index (κ1) is 12.6. The van der Waals surface area contributed by atoms with Crippen LogP contribution in [-0.4, -0.2) is 22.2 Å². The fourth-order valence-electron chi connectivity index (χ4n) is 3.17. The van der Waals surface area contributed by atoms with Crippen LogP contribution in [0.3, 0.4) is 0 Å². The zero-order valence-electron chi connectivity index (χ0n) is 11.3. The topological polar surface area (TPSA) is 74.6 Å². The Kier molecular flexibility index (Phi) is 2.39. The standard InChI is InChI=1S/C18H10O4/c19-17(20)13-8-4-10-2-6-12-14(18(21)22)7-3-9-1-5-11(13)16(10)15(9)12/h1-8H,(H,19,20)(H,21,22). The SMILES string of the molecule is O=C(O)c1ccc2ccc3c(C(=O)O)ccc4ccc1c2c43. The summed E-state index contributed by atoms with van der Waals surface area (Å²) in [4.78, 5) is 22.9. The lowest BCUT2D eigenvalue weighted by Gasteiger charge is -2.13. The van der Waals surface area contributed by atoms with Crippen molar-refractivity contribution in [2.24, 2.45) is 0 Å². The second-order valence-corrected chi connectivity index (χ2v) is 5.26. The predicted molar refractivity (Wildman–Crippen MR) is 84.1 cm³/mol. The molecule has 0 fully saturated rings. The second kappa shape index (κ2) is 4.18. The number of carbonyl (C=O) groups is 2. The molecule has 4 rings (SSSR count). The summed E-state index contributed by atoms with van der Waals surface area (Å²) >= 11 is 0. The minimum atomic E-state index is -0.989. The van der Waals surface area contributed by atoms with Gasteiger partial charge in [0, 0.05) is 0 Å². The molecular formula is C18H10O4. The molecule has 106 valence electrons. The van der Waals surface area contributed by atoms with Gasteiger partial charge in [-0.1, -0.05) is 36.4 Å². The number of hydrogen-bond acceptors (Lipinski definition) is 2. The first-order valence-corrected chi connectivity index (χ1v) is 6.75. The molecule has 2 N–H and O–H groups in total. The molecule has 0 saturated heterocycles. The van der Waals surface area contributed by atoms with E-state index in [4.69, 9.17) is 0 Å². The van der Waals surface area contributed by atoms with E-state index in [9.17, 15) is 19.8 Å². The van der Waals surface area contributed by atoms with Crippen LogP contribution in [0.2, 0.25) is 0 Å². The van der Waals surface area contributed by atoms with Crippen molar-refractivity contribution in [1.29, 1.82) is 0 Å². The fourth-order valence-corrected chi connectivity index (χ4v) is 3.17. The highest BCUT2D eigenvalue weighted by molar-refractivity contribution is 6.28. The van der Waals surface area contributed by atoms with Crippen LogP contribution in [0, 0.1) is 0 Å². The largest absolute Gasteiger partial charge is 0.478 e. The van der Waals surface area contributed by atoms with Gasteiger partial charge >= 0.3 is 11.9 Å². The van der Waals surface area contributed by atoms with Gasteiger partial charge in [-0.3, -0.25) is 0 Å². The lowest BCUT2D eigenvalue weighted by molar-refractivity contribution is 0.0688. The Balaban J connectivity index is 2.33. The lowest BCUT2D eigenvalue weighted by atomic mass is 9.90. The van der Waals surface area contributed by atoms with E-state index in [-0.39, 0.29) is 11.1 Å². The van der Waals surface area contributed by atoms with Gasteiger partial charge in [0.1, 0.15) is 0 Å². The molecule has 0 atom stereocenters. The zero-order chi connectivity index (χ0) is 15.4. The van der Waals surface area contributed by atoms with Gasteiger partial charge in [-0.15, -0.1) is 0 Å². The summed E-state index contributed by atoms with van der Waals surface area (Å²) in [6.07, 6.45) is 0. The monoisotopic (exact) mass is 290 g/mol. The quantitative estimate of drug-likeness (QED) is 0.547. The molecule has 0 spiro atoms. The van der Waals surface area contributed by atoms with Crippen molar-refractivity contribution in [3.8, 4) is 0 Å². The van der Waals surface area contributed by atoms with Gasteiger partial charge in [0.05, 0.1) is 11.1 Å². The summed E-state index contributed by atoms with van der Waals surface area (Å²) < 4.78 is 0. The molecule has 0 heterocycles. The molecule has 4 nitrogen and oxygen atoms in total. The Bertz CT molecular complexity index is 991. The summed E-state index contributed by atoms with van der Waals surface area (Å²) in [5.74, 6) is -1.98. The molecule has 4 aromatic rings. The van der Waals surface area contributed by atoms with Gasteiger partial charge in [0.15, 0.2) is 0 Å². The number of rotatable bonds is 2. The molecule has 0 unspecified atom stereocenters. The van der Waals surface area contributed by atoms with Crippen LogP contribution in [0.25, 0.3) is 32.3 Å². The van der Waals surface area contributed by atoms with E-state index in [1.54, 1.807) is 36.4 Å². The van der Waals surface area contributed by atoms with Crippen molar-refractivity contribution >= 4 is 44.3 Å². The third kappa shape index (κ3) is 1.52. The van der Waals surface area contributed by atoms with Gasteiger partial charge in [-0.25, -0.2) is 9.59 Å². The van der Waals surface area contributed by atoms with Gasteiger partial charge < -0.3 is 10.2 Å². The summed E-state index contributed by atoms with van der Waals surface area (Å²) in [7, 11) is 0. The van der Waals surface area contributed by atoms with E-state index < -0.39 is 11.9 Å². The van der Waals surface area contributed by atoms with E-state index in [0.29, 0.717) is 10.8 Å². The van der Waals surface area contributed by atoms with Crippen LogP contribution in [0.4, 0.5) is 0 Å². The average molecular weight is 290 g/mol. The van der Waals surface area contributed by atoms with Crippen LogP contribution in [0.5, 0.6) is 0 Å². The zero-order valence-corrected chi connectivity index (χ0v) is 11.3. The van der Waals surface area contributed by atoms with Crippen molar-refractivity contribution in [3.63, 3.8) is 0 Å². The van der Waals surface area contributed by atoms with E-state index in [1.807, 2.05) is 12.1 Å². The van der Waals surface area contributed by atoms with Crippen molar-refractivity contribution in [3.05, 3.63) is 59.7 Å². The smallest absolute Gasteiger partial charge is 0.336 e. The Hall–Kier alpha value is -3.14. The number of aromatic carboxylic acids is 2. The maximum atomic E-state index is 11.4. The Morgan fingerprint density at radius 3 is 1.32 bits per heavy atom. The third-order valence-electron chi connectivity index (χ3n) is 4.13. The minimum absolute atomic E-state index is 0.225. The van der Waals surface area contributed by atoms with E-state index in [2.05, 4.69) is 0 Å². The Morgan fingerprint density at radius 1 is 0.591 bits per heavy atom. The van der Waals surface area contributed by atoms with Crippen molar-refractivity contribution < 1.29 is 19.8 Å². The molecule has 0 aliphatic heterocycles. The molecule has 22 heavy (non-hydrogen) atoms. The van der Waals surface area contributed by atoms with E-state index in [1.165, 1.54) is 0 Å². The van der Waals surface area contributed by atoms with Gasteiger partial charge in [-0.2, -0.15) is 0 Å². The molecule has 0 aliphatic rings. The predicted octanol–water partition coefficient (Wildman–Crippen LogP) is 3.98. The molecule has 0 bridgehead atoms. The van der Waals surface area contributed by atoms with Gasteiger partial charge in [-0.05, 0) is 44.5 Å². The molecule has 0 amide bonds. The highest BCUT2D eigenvalue weighted by Gasteiger charge is 2.17. The minimum Gasteiger partial charge on any atom is -0.478 e. The maximum absolute atomic E-state index is 11.4. The molecule has 0 saturated carbocycles. The fraction of sp³-hybridized carbons (Fsp3) is 0. The van der Waals surface area contributed by atoms with Gasteiger partial charge in [0.2, 0.25) is 0 Å². The van der Waals surface area contributed by atoms with E-state index in [0.717, 1.165) is 21.5 Å². The molecule has 0 aliphatic carbocycles. The summed E-state index contributed by atoms with van der Waals surface area (Å²) in [5, 5.41) is 23.4. The maximum Gasteiger partial charge on any atom is 0.336 e. The van der Waals surface area contributed by atoms with E-state index >= 15 is 0 Å². The van der Waals surface area contributed by atoms with Crippen LogP contribution in [0.1, 0.15) is 20.7 Å². The summed E-state index contributed by atoms with van der Waals surface area (Å²) in [6, 6.07) is 13.9. The Morgan fingerprint density at radius 2 is 0.955 bits per heavy atom. The molecule has 0 radical (unpaired) electrons. The molecule has 4 heteroatoms. The van der Waals surface area contributed by atoms with Crippen LogP contribution >= 0.6 is 0 Å². The van der Waals surface area contributed by atoms with Crippen molar-refractivity contribution in [1.82, 2.24) is 0 Å². The first-order chi connectivity index (χ1) is 10.6. The molecular weight excluding hydrogens is 280 g/mol. The number of carboxylic acids is 2. The summed E-state index contributed by atoms with van der Waals surface area (Å²) in [6.45, 7) is 0. The number of carboxylic acid groups (broad SMARTS) is 2. The molecule has 4 aromatic carbocycles. The first-order valence-electron chi connectivity index (χ1n) is 6.75.